The van der Waals surface area contributed by atoms with Gasteiger partial charge in [0, 0.05) is 24.8 Å². The highest BCUT2D eigenvalue weighted by molar-refractivity contribution is 5.82. The van der Waals surface area contributed by atoms with E-state index in [1.165, 1.54) is 14.0 Å². The highest BCUT2D eigenvalue weighted by Gasteiger charge is 2.38. The fraction of sp³-hybridized carbons (Fsp3) is 0.750. The molecule has 1 saturated heterocycles. The van der Waals surface area contributed by atoms with Crippen LogP contribution < -0.4 is 0 Å². The topological polar surface area (TPSA) is 50.6 Å². The molecule has 2 rings (SSSR count). The molecule has 25 heavy (non-hydrogen) atoms. The van der Waals surface area contributed by atoms with E-state index in [1.54, 1.807) is 9.58 Å². The maximum atomic E-state index is 12.9. The maximum Gasteiger partial charge on any atom is 0.401 e. The zero-order valence-electron chi connectivity index (χ0n) is 15.2. The Bertz CT molecular complexity index is 630. The van der Waals surface area contributed by atoms with Crippen molar-refractivity contribution in [2.45, 2.75) is 39.0 Å². The summed E-state index contributed by atoms with van der Waals surface area (Å²) in [5.74, 6) is -0.331. The standard InChI is InChI=1S/C16H25F3N4O2/c1-10-14(11(2)22(5)20-10)13-8-25-7-6-23(13)15(24)12(3)21(4)9-16(17,18)19/h12-13H,6-9H2,1-5H3. The molecule has 1 aliphatic rings. The third-order valence-corrected chi connectivity index (χ3v) is 4.76. The molecular weight excluding hydrogens is 337 g/mol. The molecule has 1 fully saturated rings. The molecule has 2 atom stereocenters. The Labute approximate surface area is 145 Å². The number of carbonyl (C=O) groups excluding carboxylic acids is 1. The Morgan fingerprint density at radius 2 is 2.08 bits per heavy atom. The van der Waals surface area contributed by atoms with Crippen molar-refractivity contribution in [2.75, 3.05) is 33.4 Å². The zero-order chi connectivity index (χ0) is 18.9. The van der Waals surface area contributed by atoms with Crippen molar-refractivity contribution in [3.8, 4) is 0 Å². The van der Waals surface area contributed by atoms with E-state index >= 15 is 0 Å². The third kappa shape index (κ3) is 4.33. The van der Waals surface area contributed by atoms with Gasteiger partial charge in [-0.1, -0.05) is 0 Å². The lowest BCUT2D eigenvalue weighted by atomic mass is 10.0. The van der Waals surface area contributed by atoms with E-state index in [0.717, 1.165) is 21.9 Å². The van der Waals surface area contributed by atoms with E-state index in [-0.39, 0.29) is 11.9 Å². The molecule has 1 aromatic heterocycles. The summed E-state index contributed by atoms with van der Waals surface area (Å²) < 4.78 is 45.1. The summed E-state index contributed by atoms with van der Waals surface area (Å²) in [7, 11) is 3.13. The molecule has 0 N–H and O–H groups in total. The van der Waals surface area contributed by atoms with Crippen LogP contribution in [0.1, 0.15) is 29.9 Å². The number of hydrogen-bond donors (Lipinski definition) is 0. The van der Waals surface area contributed by atoms with E-state index in [1.807, 2.05) is 20.9 Å². The molecule has 142 valence electrons. The monoisotopic (exact) mass is 362 g/mol. The van der Waals surface area contributed by atoms with Gasteiger partial charge in [-0.2, -0.15) is 18.3 Å². The van der Waals surface area contributed by atoms with E-state index in [4.69, 9.17) is 4.74 Å². The van der Waals surface area contributed by atoms with Gasteiger partial charge in [0.15, 0.2) is 0 Å². The first-order valence-corrected chi connectivity index (χ1v) is 8.18. The summed E-state index contributed by atoms with van der Waals surface area (Å²) in [6, 6.07) is -1.21. The summed E-state index contributed by atoms with van der Waals surface area (Å²) in [4.78, 5) is 15.5. The van der Waals surface area contributed by atoms with Crippen molar-refractivity contribution < 1.29 is 22.7 Å². The smallest absolute Gasteiger partial charge is 0.377 e. The van der Waals surface area contributed by atoms with E-state index < -0.39 is 18.8 Å². The van der Waals surface area contributed by atoms with Crippen molar-refractivity contribution in [1.82, 2.24) is 19.6 Å². The fourth-order valence-corrected chi connectivity index (χ4v) is 3.23. The normalized spacial score (nSPS) is 20.2. The molecule has 0 aliphatic carbocycles. The lowest BCUT2D eigenvalue weighted by Crippen LogP contribution is -2.52. The average Bonchev–Trinajstić information content (AvgIpc) is 2.77. The predicted molar refractivity (Wildman–Crippen MR) is 86.1 cm³/mol. The van der Waals surface area contributed by atoms with Gasteiger partial charge in [0.25, 0.3) is 0 Å². The molecule has 0 spiro atoms. The van der Waals surface area contributed by atoms with Crippen LogP contribution in [0.3, 0.4) is 0 Å². The van der Waals surface area contributed by atoms with Gasteiger partial charge in [-0.15, -0.1) is 0 Å². The number of alkyl halides is 3. The largest absolute Gasteiger partial charge is 0.401 e. The average molecular weight is 362 g/mol. The Balaban J connectivity index is 2.24. The first-order valence-electron chi connectivity index (χ1n) is 8.18. The first kappa shape index (κ1) is 19.7. The number of morpholine rings is 1. The number of rotatable bonds is 4. The molecule has 0 bridgehead atoms. The highest BCUT2D eigenvalue weighted by Crippen LogP contribution is 2.30. The second-order valence-corrected chi connectivity index (χ2v) is 6.54. The summed E-state index contributed by atoms with van der Waals surface area (Å²) in [6.07, 6.45) is -4.34. The molecule has 2 unspecified atom stereocenters. The van der Waals surface area contributed by atoms with Crippen LogP contribution in [0.2, 0.25) is 0 Å². The summed E-state index contributed by atoms with van der Waals surface area (Å²) in [6.45, 7) is 5.18. The lowest BCUT2D eigenvalue weighted by Gasteiger charge is -2.39. The SMILES string of the molecule is Cc1nn(C)c(C)c1C1COCCN1C(=O)C(C)N(C)CC(F)(F)F. The van der Waals surface area contributed by atoms with E-state index in [2.05, 4.69) is 5.10 Å². The van der Waals surface area contributed by atoms with Crippen LogP contribution in [0.5, 0.6) is 0 Å². The van der Waals surface area contributed by atoms with Crippen LogP contribution in [0, 0.1) is 13.8 Å². The summed E-state index contributed by atoms with van der Waals surface area (Å²) in [5, 5.41) is 4.37. The van der Waals surface area contributed by atoms with Gasteiger partial charge >= 0.3 is 6.18 Å². The molecular formula is C16H25F3N4O2. The third-order valence-electron chi connectivity index (χ3n) is 4.76. The minimum absolute atomic E-state index is 0.314. The Morgan fingerprint density at radius 1 is 1.44 bits per heavy atom. The lowest BCUT2D eigenvalue weighted by molar-refractivity contribution is -0.158. The molecule has 1 amide bonds. The fourth-order valence-electron chi connectivity index (χ4n) is 3.23. The van der Waals surface area contributed by atoms with Gasteiger partial charge in [-0.05, 0) is 27.8 Å². The van der Waals surface area contributed by atoms with Crippen molar-refractivity contribution in [3.05, 3.63) is 17.0 Å². The number of nitrogens with zero attached hydrogens (tertiary/aromatic N) is 4. The van der Waals surface area contributed by atoms with Crippen LogP contribution in [-0.2, 0) is 16.6 Å². The van der Waals surface area contributed by atoms with Crippen molar-refractivity contribution >= 4 is 5.91 Å². The highest BCUT2D eigenvalue weighted by atomic mass is 19.4. The van der Waals surface area contributed by atoms with Gasteiger partial charge in [0.2, 0.25) is 5.91 Å². The predicted octanol–water partition coefficient (Wildman–Crippen LogP) is 1.82. The number of halogens is 3. The molecule has 6 nitrogen and oxygen atoms in total. The molecule has 1 aromatic rings. The summed E-state index contributed by atoms with van der Waals surface area (Å²) in [5.41, 5.74) is 2.62. The maximum absolute atomic E-state index is 12.9. The molecule has 1 aliphatic heterocycles. The number of aryl methyl sites for hydroxylation is 2. The summed E-state index contributed by atoms with van der Waals surface area (Å²) >= 11 is 0. The zero-order valence-corrected chi connectivity index (χ0v) is 15.2. The number of hydrogen-bond acceptors (Lipinski definition) is 4. The second-order valence-electron chi connectivity index (χ2n) is 6.54. The van der Waals surface area contributed by atoms with Crippen LogP contribution in [0.4, 0.5) is 13.2 Å². The molecule has 0 radical (unpaired) electrons. The minimum atomic E-state index is -4.34. The van der Waals surface area contributed by atoms with E-state index in [0.29, 0.717) is 19.8 Å². The minimum Gasteiger partial charge on any atom is -0.377 e. The van der Waals surface area contributed by atoms with Crippen LogP contribution in [0.25, 0.3) is 0 Å². The quantitative estimate of drug-likeness (QED) is 0.820. The van der Waals surface area contributed by atoms with Crippen molar-refractivity contribution in [3.63, 3.8) is 0 Å². The van der Waals surface area contributed by atoms with Crippen LogP contribution >= 0.6 is 0 Å². The molecule has 0 aromatic carbocycles. The molecule has 0 saturated carbocycles. The second kappa shape index (κ2) is 7.33. The van der Waals surface area contributed by atoms with Gasteiger partial charge in [0.1, 0.15) is 0 Å². The van der Waals surface area contributed by atoms with E-state index in [9.17, 15) is 18.0 Å². The van der Waals surface area contributed by atoms with Crippen LogP contribution in [-0.4, -0.2) is 71.1 Å². The number of carbonyl (C=O) groups is 1. The Hall–Kier alpha value is -1.61. The number of aromatic nitrogens is 2. The van der Waals surface area contributed by atoms with Gasteiger partial charge in [0.05, 0.1) is 37.5 Å². The Kier molecular flexibility index (Phi) is 5.78. The van der Waals surface area contributed by atoms with Crippen molar-refractivity contribution in [2.24, 2.45) is 7.05 Å². The van der Waals surface area contributed by atoms with Crippen molar-refractivity contribution in [1.29, 1.82) is 0 Å². The van der Waals surface area contributed by atoms with Gasteiger partial charge < -0.3 is 9.64 Å². The number of likely N-dealkylation sites (N-methyl/N-ethyl adjacent to an activating group) is 1. The number of amides is 1. The first-order chi connectivity index (χ1) is 11.5. The van der Waals surface area contributed by atoms with Crippen LogP contribution in [0.15, 0.2) is 0 Å². The molecule has 9 heteroatoms. The Morgan fingerprint density at radius 3 is 2.60 bits per heavy atom. The number of ether oxygens (including phenoxy) is 1. The van der Waals surface area contributed by atoms with Gasteiger partial charge in [-0.3, -0.25) is 14.4 Å². The van der Waals surface area contributed by atoms with Gasteiger partial charge in [-0.25, -0.2) is 0 Å². The molecule has 2 heterocycles.